The van der Waals surface area contributed by atoms with Gasteiger partial charge in [0.05, 0.1) is 10.6 Å². The van der Waals surface area contributed by atoms with E-state index in [-0.39, 0.29) is 5.91 Å². The third-order valence-electron chi connectivity index (χ3n) is 3.29. The number of carbonyl (C=O) groups excluding carboxylic acids is 1. The quantitative estimate of drug-likeness (QED) is 0.846. The number of halogens is 1. The fourth-order valence-corrected chi connectivity index (χ4v) is 2.29. The second kappa shape index (κ2) is 8.56. The molecular weight excluding hydrogens is 312 g/mol. The van der Waals surface area contributed by atoms with E-state index in [2.05, 4.69) is 5.32 Å². The molecule has 0 aliphatic carbocycles. The number of ether oxygens (including phenoxy) is 1. The first-order valence-electron chi connectivity index (χ1n) is 7.46. The van der Waals surface area contributed by atoms with Gasteiger partial charge in [-0.2, -0.15) is 0 Å². The highest BCUT2D eigenvalue weighted by Gasteiger charge is 2.14. The molecule has 1 N–H and O–H groups in total. The van der Waals surface area contributed by atoms with Gasteiger partial charge in [0.15, 0.2) is 0 Å². The number of nitrogens with zero attached hydrogens (tertiary/aromatic N) is 1. The van der Waals surface area contributed by atoms with Crippen LogP contribution in [0.15, 0.2) is 48.5 Å². The van der Waals surface area contributed by atoms with Gasteiger partial charge < -0.3 is 15.0 Å². The van der Waals surface area contributed by atoms with Crippen molar-refractivity contribution in [2.75, 3.05) is 27.2 Å². The van der Waals surface area contributed by atoms with Crippen molar-refractivity contribution in [3.63, 3.8) is 0 Å². The van der Waals surface area contributed by atoms with Gasteiger partial charge in [-0.05, 0) is 31.8 Å². The van der Waals surface area contributed by atoms with Crippen LogP contribution < -0.4 is 10.1 Å². The van der Waals surface area contributed by atoms with Gasteiger partial charge in [-0.3, -0.25) is 4.79 Å². The van der Waals surface area contributed by atoms with Crippen molar-refractivity contribution in [1.29, 1.82) is 0 Å². The maximum Gasteiger partial charge on any atom is 0.252 e. The Kier molecular flexibility index (Phi) is 6.44. The molecule has 0 aliphatic heterocycles. The Hall–Kier alpha value is -2.04. The van der Waals surface area contributed by atoms with Gasteiger partial charge in [0.1, 0.15) is 12.4 Å². The Morgan fingerprint density at radius 3 is 2.57 bits per heavy atom. The summed E-state index contributed by atoms with van der Waals surface area (Å²) >= 11 is 6.32. The number of amides is 1. The first-order valence-corrected chi connectivity index (χ1v) is 7.84. The maximum atomic E-state index is 12.2. The van der Waals surface area contributed by atoms with Crippen LogP contribution in [0.4, 0.5) is 0 Å². The van der Waals surface area contributed by atoms with Gasteiger partial charge in [-0.25, -0.2) is 0 Å². The van der Waals surface area contributed by atoms with Crippen LogP contribution in [-0.2, 0) is 6.61 Å². The molecule has 1 amide bonds. The summed E-state index contributed by atoms with van der Waals surface area (Å²) in [4.78, 5) is 14.2. The molecule has 0 saturated heterocycles. The Bertz CT molecular complexity index is 645. The van der Waals surface area contributed by atoms with Crippen molar-refractivity contribution in [2.24, 2.45) is 0 Å². The lowest BCUT2D eigenvalue weighted by atomic mass is 10.2. The molecule has 122 valence electrons. The van der Waals surface area contributed by atoms with Gasteiger partial charge in [0.2, 0.25) is 0 Å². The van der Waals surface area contributed by atoms with Gasteiger partial charge in [-0.1, -0.05) is 48.0 Å². The largest absolute Gasteiger partial charge is 0.487 e. The van der Waals surface area contributed by atoms with Crippen molar-refractivity contribution in [2.45, 2.75) is 6.61 Å². The molecule has 23 heavy (non-hydrogen) atoms. The minimum absolute atomic E-state index is 0.193. The summed E-state index contributed by atoms with van der Waals surface area (Å²) in [6.45, 7) is 1.75. The lowest BCUT2D eigenvalue weighted by Gasteiger charge is -2.13. The molecule has 0 heterocycles. The van der Waals surface area contributed by atoms with Gasteiger partial charge in [0.25, 0.3) is 5.91 Å². The lowest BCUT2D eigenvalue weighted by molar-refractivity contribution is 0.0950. The SMILES string of the molecule is CN(C)CCNC(=O)c1cccc(OCc2ccccc2)c1Cl. The minimum Gasteiger partial charge on any atom is -0.487 e. The number of carbonyl (C=O) groups is 1. The fourth-order valence-electron chi connectivity index (χ4n) is 2.02. The smallest absolute Gasteiger partial charge is 0.252 e. The molecule has 0 spiro atoms. The molecule has 0 atom stereocenters. The highest BCUT2D eigenvalue weighted by atomic mass is 35.5. The summed E-state index contributed by atoms with van der Waals surface area (Å²) in [5.41, 5.74) is 1.47. The van der Waals surface area contributed by atoms with E-state index in [1.165, 1.54) is 0 Å². The zero-order valence-electron chi connectivity index (χ0n) is 13.4. The molecule has 0 fully saturated rings. The normalized spacial score (nSPS) is 10.6. The van der Waals surface area contributed by atoms with Crippen LogP contribution in [0.25, 0.3) is 0 Å². The summed E-state index contributed by atoms with van der Waals surface area (Å²) in [6.07, 6.45) is 0. The average Bonchev–Trinajstić information content (AvgIpc) is 2.54. The van der Waals surface area contributed by atoms with Gasteiger partial charge in [-0.15, -0.1) is 0 Å². The standard InChI is InChI=1S/C18H21ClN2O2/c1-21(2)12-11-20-18(22)15-9-6-10-16(17(15)19)23-13-14-7-4-3-5-8-14/h3-10H,11-13H2,1-2H3,(H,20,22). The summed E-state index contributed by atoms with van der Waals surface area (Å²) in [5.74, 6) is 0.317. The van der Waals surface area contributed by atoms with Crippen LogP contribution in [0.3, 0.4) is 0 Å². The van der Waals surface area contributed by atoms with E-state index in [0.717, 1.165) is 12.1 Å². The van der Waals surface area contributed by atoms with E-state index < -0.39 is 0 Å². The molecule has 0 saturated carbocycles. The minimum atomic E-state index is -0.193. The van der Waals surface area contributed by atoms with E-state index >= 15 is 0 Å². The van der Waals surface area contributed by atoms with Crippen molar-refractivity contribution in [3.05, 3.63) is 64.7 Å². The summed E-state index contributed by atoms with van der Waals surface area (Å²) in [5, 5.41) is 3.19. The fraction of sp³-hybridized carbons (Fsp3) is 0.278. The molecule has 0 aromatic heterocycles. The zero-order chi connectivity index (χ0) is 16.7. The van der Waals surface area contributed by atoms with Crippen LogP contribution >= 0.6 is 11.6 Å². The lowest BCUT2D eigenvalue weighted by Crippen LogP contribution is -2.31. The zero-order valence-corrected chi connectivity index (χ0v) is 14.1. The molecule has 2 rings (SSSR count). The predicted octanol–water partition coefficient (Wildman–Crippen LogP) is 3.21. The Morgan fingerprint density at radius 1 is 1.13 bits per heavy atom. The molecule has 4 nitrogen and oxygen atoms in total. The maximum absolute atomic E-state index is 12.2. The van der Waals surface area contributed by atoms with E-state index in [4.69, 9.17) is 16.3 Å². The van der Waals surface area contributed by atoms with Crippen LogP contribution in [-0.4, -0.2) is 38.0 Å². The highest BCUT2D eigenvalue weighted by molar-refractivity contribution is 6.35. The molecule has 2 aromatic rings. The van der Waals surface area contributed by atoms with Crippen LogP contribution in [0.2, 0.25) is 5.02 Å². The summed E-state index contributed by atoms with van der Waals surface area (Å²) < 4.78 is 5.74. The number of hydrogen-bond donors (Lipinski definition) is 1. The second-order valence-corrected chi connectivity index (χ2v) is 5.83. The Morgan fingerprint density at radius 2 is 1.87 bits per heavy atom. The van der Waals surface area contributed by atoms with Crippen molar-refractivity contribution >= 4 is 17.5 Å². The first-order chi connectivity index (χ1) is 11.1. The van der Waals surface area contributed by atoms with Gasteiger partial charge >= 0.3 is 0 Å². The predicted molar refractivity (Wildman–Crippen MR) is 93.1 cm³/mol. The Labute approximate surface area is 142 Å². The van der Waals surface area contributed by atoms with E-state index in [1.54, 1.807) is 18.2 Å². The average molecular weight is 333 g/mol. The monoisotopic (exact) mass is 332 g/mol. The molecule has 0 radical (unpaired) electrons. The van der Waals surface area contributed by atoms with Crippen LogP contribution in [0.1, 0.15) is 15.9 Å². The van der Waals surface area contributed by atoms with Gasteiger partial charge in [0, 0.05) is 13.1 Å². The molecule has 2 aromatic carbocycles. The number of nitrogens with one attached hydrogen (secondary N) is 1. The molecule has 5 heteroatoms. The topological polar surface area (TPSA) is 41.6 Å². The van der Waals surface area contributed by atoms with Crippen molar-refractivity contribution in [1.82, 2.24) is 10.2 Å². The molecule has 0 bridgehead atoms. The third kappa shape index (κ3) is 5.27. The van der Waals surface area contributed by atoms with Crippen LogP contribution in [0.5, 0.6) is 5.75 Å². The number of rotatable bonds is 7. The van der Waals surface area contributed by atoms with E-state index in [0.29, 0.717) is 29.5 Å². The molecular formula is C18H21ClN2O2. The number of likely N-dealkylation sites (N-methyl/N-ethyl adjacent to an activating group) is 1. The van der Waals surface area contributed by atoms with Crippen molar-refractivity contribution < 1.29 is 9.53 Å². The first kappa shape index (κ1) is 17.3. The molecule has 0 unspecified atom stereocenters. The Balaban J connectivity index is 2.01. The van der Waals surface area contributed by atoms with Crippen LogP contribution in [0, 0.1) is 0 Å². The van der Waals surface area contributed by atoms with E-state index in [9.17, 15) is 4.79 Å². The second-order valence-electron chi connectivity index (χ2n) is 5.45. The summed E-state index contributed by atoms with van der Waals surface area (Å²) in [6, 6.07) is 15.0. The number of hydrogen-bond acceptors (Lipinski definition) is 3. The van der Waals surface area contributed by atoms with E-state index in [1.807, 2.05) is 49.3 Å². The van der Waals surface area contributed by atoms with Crippen molar-refractivity contribution in [3.8, 4) is 5.75 Å². The number of benzene rings is 2. The highest BCUT2D eigenvalue weighted by Crippen LogP contribution is 2.28. The molecule has 0 aliphatic rings. The summed E-state index contributed by atoms with van der Waals surface area (Å²) in [7, 11) is 3.91. The third-order valence-corrected chi connectivity index (χ3v) is 3.68.